The first kappa shape index (κ1) is 14.3. The number of hydrogen-bond donors (Lipinski definition) is 2. The van der Waals surface area contributed by atoms with Gasteiger partial charge >= 0.3 is 0 Å². The lowest BCUT2D eigenvalue weighted by Crippen LogP contribution is -3.17. The molecule has 1 saturated heterocycles. The highest BCUT2D eigenvalue weighted by Gasteiger charge is 2.24. The van der Waals surface area contributed by atoms with Crippen molar-refractivity contribution in [1.82, 2.24) is 0 Å². The van der Waals surface area contributed by atoms with E-state index in [-0.39, 0.29) is 18.2 Å². The van der Waals surface area contributed by atoms with E-state index in [1.807, 2.05) is 0 Å². The Kier molecular flexibility index (Phi) is 5.16. The van der Waals surface area contributed by atoms with E-state index in [1.54, 1.807) is 18.2 Å². The first-order chi connectivity index (χ1) is 9.16. The normalized spacial score (nSPS) is 25.0. The maximum Gasteiger partial charge on any atom is 0.165 e. The Morgan fingerprint density at radius 2 is 2.21 bits per heavy atom. The molecule has 0 spiro atoms. The fourth-order valence-electron chi connectivity index (χ4n) is 2.67. The Labute approximate surface area is 114 Å². The third-order valence-electron chi connectivity index (χ3n) is 3.85. The maximum atomic E-state index is 13.3. The second-order valence-electron chi connectivity index (χ2n) is 5.40. The van der Waals surface area contributed by atoms with Gasteiger partial charge in [0.05, 0.1) is 12.6 Å². The molecular formula is C15H23FNO2+. The number of quaternary nitrogens is 1. The highest BCUT2D eigenvalue weighted by atomic mass is 19.1. The smallest absolute Gasteiger partial charge is 0.165 e. The molecule has 19 heavy (non-hydrogen) atoms. The summed E-state index contributed by atoms with van der Waals surface area (Å²) in [5, 5.41) is 10.0. The van der Waals surface area contributed by atoms with Gasteiger partial charge in [-0.05, 0) is 38.3 Å². The zero-order chi connectivity index (χ0) is 13.7. The molecular weight excluding hydrogens is 245 g/mol. The van der Waals surface area contributed by atoms with Gasteiger partial charge in [0, 0.05) is 0 Å². The van der Waals surface area contributed by atoms with Gasteiger partial charge in [0.1, 0.15) is 19.3 Å². The molecule has 0 aliphatic carbocycles. The van der Waals surface area contributed by atoms with Crippen molar-refractivity contribution in [3.8, 4) is 5.75 Å². The largest absolute Gasteiger partial charge is 0.488 e. The predicted molar refractivity (Wildman–Crippen MR) is 71.9 cm³/mol. The molecule has 4 heteroatoms. The second kappa shape index (κ2) is 6.87. The lowest BCUT2D eigenvalue weighted by Gasteiger charge is -2.31. The van der Waals surface area contributed by atoms with Crippen molar-refractivity contribution in [2.75, 3.05) is 19.7 Å². The number of benzene rings is 1. The van der Waals surface area contributed by atoms with Gasteiger partial charge in [-0.3, -0.25) is 0 Å². The first-order valence-electron chi connectivity index (χ1n) is 7.07. The Balaban J connectivity index is 1.78. The summed E-state index contributed by atoms with van der Waals surface area (Å²) in [5.74, 6) is -0.170. The molecule has 1 unspecified atom stereocenters. The van der Waals surface area contributed by atoms with E-state index >= 15 is 0 Å². The van der Waals surface area contributed by atoms with Crippen LogP contribution in [0.25, 0.3) is 0 Å². The van der Waals surface area contributed by atoms with Crippen LogP contribution in [0.1, 0.15) is 26.2 Å². The van der Waals surface area contributed by atoms with Crippen LogP contribution in [0.5, 0.6) is 5.75 Å². The molecule has 0 saturated carbocycles. The lowest BCUT2D eigenvalue weighted by molar-refractivity contribution is -0.931. The van der Waals surface area contributed by atoms with Crippen LogP contribution >= 0.6 is 0 Å². The summed E-state index contributed by atoms with van der Waals surface area (Å²) in [5.41, 5.74) is 0. The van der Waals surface area contributed by atoms with Crippen molar-refractivity contribution in [2.45, 2.75) is 38.3 Å². The number of aliphatic hydroxyl groups excluding tert-OH is 1. The van der Waals surface area contributed by atoms with Crippen LogP contribution in [0.3, 0.4) is 0 Å². The van der Waals surface area contributed by atoms with Gasteiger partial charge in [0.25, 0.3) is 0 Å². The quantitative estimate of drug-likeness (QED) is 0.836. The standard InChI is InChI=1S/C15H22FNO2/c1-12-6-4-5-9-17(12)10-13(18)11-19-15-8-3-2-7-14(15)16/h2-3,7-8,12-13,18H,4-6,9-11H2,1H3/p+1/t12-,13+/m1/s1. The van der Waals surface area contributed by atoms with Crippen LogP contribution < -0.4 is 9.64 Å². The summed E-state index contributed by atoms with van der Waals surface area (Å²) in [6.07, 6.45) is 3.18. The summed E-state index contributed by atoms with van der Waals surface area (Å²) >= 11 is 0. The van der Waals surface area contributed by atoms with Crippen molar-refractivity contribution in [3.63, 3.8) is 0 Å². The molecule has 3 nitrogen and oxygen atoms in total. The van der Waals surface area contributed by atoms with Crippen LogP contribution in [0.15, 0.2) is 24.3 Å². The van der Waals surface area contributed by atoms with Crippen LogP contribution in [-0.4, -0.2) is 36.9 Å². The number of ether oxygens (including phenoxy) is 1. The number of aliphatic hydroxyl groups is 1. The molecule has 106 valence electrons. The number of piperidine rings is 1. The van der Waals surface area contributed by atoms with Crippen molar-refractivity contribution >= 4 is 0 Å². The highest BCUT2D eigenvalue weighted by Crippen LogP contribution is 2.15. The van der Waals surface area contributed by atoms with Crippen LogP contribution in [-0.2, 0) is 0 Å². The van der Waals surface area contributed by atoms with Crippen molar-refractivity contribution < 1.29 is 19.1 Å². The van der Waals surface area contributed by atoms with E-state index in [2.05, 4.69) is 6.92 Å². The van der Waals surface area contributed by atoms with Gasteiger partial charge in [0.2, 0.25) is 0 Å². The molecule has 1 aromatic carbocycles. The van der Waals surface area contributed by atoms with Gasteiger partial charge in [-0.2, -0.15) is 0 Å². The number of likely N-dealkylation sites (tertiary alicyclic amines) is 1. The molecule has 0 bridgehead atoms. The maximum absolute atomic E-state index is 13.3. The van der Waals surface area contributed by atoms with Crippen LogP contribution in [0.4, 0.5) is 4.39 Å². The number of halogens is 1. The monoisotopic (exact) mass is 268 g/mol. The summed E-state index contributed by atoms with van der Waals surface area (Å²) in [6.45, 7) is 4.16. The average molecular weight is 268 g/mol. The second-order valence-corrected chi connectivity index (χ2v) is 5.40. The Hall–Kier alpha value is -1.13. The minimum atomic E-state index is -0.546. The van der Waals surface area contributed by atoms with Gasteiger partial charge in [0.15, 0.2) is 11.6 Å². The van der Waals surface area contributed by atoms with E-state index in [4.69, 9.17) is 4.74 Å². The Morgan fingerprint density at radius 1 is 1.42 bits per heavy atom. The number of nitrogens with one attached hydrogen (secondary N) is 1. The minimum absolute atomic E-state index is 0.150. The summed E-state index contributed by atoms with van der Waals surface area (Å²) < 4.78 is 18.7. The van der Waals surface area contributed by atoms with Crippen molar-refractivity contribution in [1.29, 1.82) is 0 Å². The molecule has 2 N–H and O–H groups in total. The molecule has 1 aliphatic heterocycles. The van der Waals surface area contributed by atoms with Gasteiger partial charge < -0.3 is 14.7 Å². The summed E-state index contributed by atoms with van der Waals surface area (Å²) in [7, 11) is 0. The zero-order valence-electron chi connectivity index (χ0n) is 11.4. The molecule has 3 atom stereocenters. The topological polar surface area (TPSA) is 33.9 Å². The Morgan fingerprint density at radius 3 is 2.95 bits per heavy atom. The number of hydrogen-bond acceptors (Lipinski definition) is 2. The van der Waals surface area contributed by atoms with E-state index in [1.165, 1.54) is 30.2 Å². The number of para-hydroxylation sites is 1. The fraction of sp³-hybridized carbons (Fsp3) is 0.600. The Bertz CT molecular complexity index is 399. The van der Waals surface area contributed by atoms with Gasteiger partial charge in [-0.15, -0.1) is 0 Å². The number of rotatable bonds is 5. The predicted octanol–water partition coefficient (Wildman–Crippen LogP) is 1.02. The molecule has 1 heterocycles. The summed E-state index contributed by atoms with van der Waals surface area (Å²) in [4.78, 5) is 1.43. The molecule has 0 aromatic heterocycles. The molecule has 0 radical (unpaired) electrons. The first-order valence-corrected chi connectivity index (χ1v) is 7.07. The van der Waals surface area contributed by atoms with E-state index in [0.29, 0.717) is 12.6 Å². The molecule has 1 aromatic rings. The molecule has 2 rings (SSSR count). The minimum Gasteiger partial charge on any atom is -0.488 e. The van der Waals surface area contributed by atoms with Crippen molar-refractivity contribution in [2.24, 2.45) is 0 Å². The van der Waals surface area contributed by atoms with E-state index in [0.717, 1.165) is 6.54 Å². The SMILES string of the molecule is C[C@@H]1CCCC[NH+]1C[C@H](O)COc1ccccc1F. The van der Waals surface area contributed by atoms with E-state index < -0.39 is 6.10 Å². The molecule has 1 aliphatic rings. The van der Waals surface area contributed by atoms with Crippen molar-refractivity contribution in [3.05, 3.63) is 30.1 Å². The molecule has 1 fully saturated rings. The van der Waals surface area contributed by atoms with Gasteiger partial charge in [-0.1, -0.05) is 12.1 Å². The highest BCUT2D eigenvalue weighted by molar-refractivity contribution is 5.23. The van der Waals surface area contributed by atoms with Crippen LogP contribution in [0, 0.1) is 5.82 Å². The zero-order valence-corrected chi connectivity index (χ0v) is 11.4. The van der Waals surface area contributed by atoms with Crippen LogP contribution in [0.2, 0.25) is 0 Å². The van der Waals surface area contributed by atoms with Gasteiger partial charge in [-0.25, -0.2) is 4.39 Å². The summed E-state index contributed by atoms with van der Waals surface area (Å²) in [6, 6.07) is 6.89. The molecule has 0 amide bonds. The lowest BCUT2D eigenvalue weighted by atomic mass is 10.0. The average Bonchev–Trinajstić information content (AvgIpc) is 2.40. The third kappa shape index (κ3) is 4.18. The fourth-order valence-corrected chi connectivity index (χ4v) is 2.67. The third-order valence-corrected chi connectivity index (χ3v) is 3.85. The van der Waals surface area contributed by atoms with E-state index in [9.17, 15) is 9.50 Å².